The van der Waals surface area contributed by atoms with Gasteiger partial charge < -0.3 is 20.1 Å². The smallest absolute Gasteiger partial charge is 0.0811 e. The zero-order valence-electron chi connectivity index (χ0n) is 20.1. The number of hydrogen-bond acceptors (Lipinski definition) is 4. The van der Waals surface area contributed by atoms with E-state index in [4.69, 9.17) is 4.74 Å². The number of fused-ring (bicyclic) bond motifs is 1. The van der Waals surface area contributed by atoms with Crippen LogP contribution in [0.4, 0.5) is 0 Å². The summed E-state index contributed by atoms with van der Waals surface area (Å²) in [6.45, 7) is 13.9. The second kappa shape index (κ2) is 9.91. The van der Waals surface area contributed by atoms with E-state index in [1.165, 1.54) is 31.3 Å². The van der Waals surface area contributed by atoms with E-state index in [0.717, 1.165) is 24.2 Å². The number of aliphatic hydroxyl groups excluding tert-OH is 2. The van der Waals surface area contributed by atoms with Crippen LogP contribution in [0.3, 0.4) is 0 Å². The van der Waals surface area contributed by atoms with Crippen molar-refractivity contribution >= 4 is 0 Å². The molecule has 3 saturated carbocycles. The van der Waals surface area contributed by atoms with Gasteiger partial charge in [0, 0.05) is 19.6 Å². The van der Waals surface area contributed by atoms with E-state index in [0.29, 0.717) is 49.0 Å². The van der Waals surface area contributed by atoms with Gasteiger partial charge in [-0.15, -0.1) is 0 Å². The van der Waals surface area contributed by atoms with E-state index in [-0.39, 0.29) is 0 Å². The van der Waals surface area contributed by atoms with Gasteiger partial charge in [0.1, 0.15) is 0 Å². The molecule has 0 heterocycles. The van der Waals surface area contributed by atoms with Gasteiger partial charge in [0.15, 0.2) is 0 Å². The molecule has 6 atom stereocenters. The summed E-state index contributed by atoms with van der Waals surface area (Å²) in [5.41, 5.74) is 2.93. The molecule has 0 spiro atoms. The van der Waals surface area contributed by atoms with Crippen LogP contribution in [0.15, 0.2) is 35.5 Å². The number of ether oxygens (including phenoxy) is 1. The molecule has 3 aliphatic rings. The fourth-order valence-corrected chi connectivity index (χ4v) is 6.39. The fourth-order valence-electron chi connectivity index (χ4n) is 6.39. The third-order valence-corrected chi connectivity index (χ3v) is 8.23. The van der Waals surface area contributed by atoms with Crippen LogP contribution in [0.2, 0.25) is 0 Å². The van der Waals surface area contributed by atoms with E-state index < -0.39 is 17.8 Å². The Morgan fingerprint density at radius 1 is 1.26 bits per heavy atom. The molecular formula is C27H44O4. The molecule has 0 aromatic rings. The molecule has 0 aromatic carbocycles. The van der Waals surface area contributed by atoms with Gasteiger partial charge in [-0.05, 0) is 93.1 Å². The third-order valence-electron chi connectivity index (χ3n) is 8.23. The molecule has 3 N–H and O–H groups in total. The minimum atomic E-state index is -0.666. The lowest BCUT2D eigenvalue weighted by molar-refractivity contribution is 0.000912. The summed E-state index contributed by atoms with van der Waals surface area (Å²) >= 11 is 0. The first-order valence-corrected chi connectivity index (χ1v) is 12.3. The predicted octanol–water partition coefficient (Wildman–Crippen LogP) is 4.94. The Balaban J connectivity index is 1.66. The van der Waals surface area contributed by atoms with Gasteiger partial charge in [-0.3, -0.25) is 0 Å². The molecule has 3 fully saturated rings. The second-order valence-electron chi connectivity index (χ2n) is 11.3. The first kappa shape index (κ1) is 24.7. The van der Waals surface area contributed by atoms with E-state index >= 15 is 0 Å². The normalized spacial score (nSPS) is 38.0. The van der Waals surface area contributed by atoms with Crippen molar-refractivity contribution in [1.29, 1.82) is 0 Å². The van der Waals surface area contributed by atoms with Crippen LogP contribution in [0.1, 0.15) is 79.1 Å². The maximum atomic E-state index is 10.1. The minimum Gasteiger partial charge on any atom is -0.393 e. The molecule has 0 radical (unpaired) electrons. The van der Waals surface area contributed by atoms with E-state index in [2.05, 4.69) is 32.6 Å². The quantitative estimate of drug-likeness (QED) is 0.498. The highest BCUT2D eigenvalue weighted by molar-refractivity contribution is 5.38. The highest BCUT2D eigenvalue weighted by Crippen LogP contribution is 2.59. The molecule has 176 valence electrons. The monoisotopic (exact) mass is 432 g/mol. The SMILES string of the molecule is C=C1/C(=C\C=C2/CCC[C@@]3(C)C2CCC3[C@@H](C)COCCC(C)(C)O)C[C@@H](O)C[C@@H]1O. The highest BCUT2D eigenvalue weighted by Gasteiger charge is 2.50. The molecule has 4 heteroatoms. The van der Waals surface area contributed by atoms with Crippen molar-refractivity contribution in [2.24, 2.45) is 23.2 Å². The Bertz CT molecular complexity index is 701. The van der Waals surface area contributed by atoms with Gasteiger partial charge in [0.25, 0.3) is 0 Å². The zero-order chi connectivity index (χ0) is 22.8. The van der Waals surface area contributed by atoms with Gasteiger partial charge in [-0.1, -0.05) is 38.2 Å². The minimum absolute atomic E-state index is 0.310. The predicted molar refractivity (Wildman–Crippen MR) is 126 cm³/mol. The molecule has 0 amide bonds. The lowest BCUT2D eigenvalue weighted by Crippen LogP contribution is -2.37. The highest BCUT2D eigenvalue weighted by atomic mass is 16.5. The van der Waals surface area contributed by atoms with Crippen LogP contribution in [0.5, 0.6) is 0 Å². The zero-order valence-corrected chi connectivity index (χ0v) is 20.1. The molecule has 31 heavy (non-hydrogen) atoms. The summed E-state index contributed by atoms with van der Waals surface area (Å²) in [4.78, 5) is 0. The van der Waals surface area contributed by atoms with Crippen molar-refractivity contribution in [1.82, 2.24) is 0 Å². The van der Waals surface area contributed by atoms with E-state index in [1.807, 2.05) is 13.8 Å². The summed E-state index contributed by atoms with van der Waals surface area (Å²) in [5.74, 6) is 1.77. The molecule has 0 aliphatic heterocycles. The molecular weight excluding hydrogens is 388 g/mol. The maximum Gasteiger partial charge on any atom is 0.0811 e. The van der Waals surface area contributed by atoms with Crippen LogP contribution in [0, 0.1) is 23.2 Å². The summed E-state index contributed by atoms with van der Waals surface area (Å²) in [5, 5.41) is 30.1. The second-order valence-corrected chi connectivity index (χ2v) is 11.3. The molecule has 2 unspecified atom stereocenters. The Kier molecular flexibility index (Phi) is 7.89. The van der Waals surface area contributed by atoms with Crippen molar-refractivity contribution in [2.75, 3.05) is 13.2 Å². The first-order chi connectivity index (χ1) is 14.5. The average Bonchev–Trinajstić information content (AvgIpc) is 3.03. The number of aliphatic hydroxyl groups is 3. The molecule has 4 nitrogen and oxygen atoms in total. The van der Waals surface area contributed by atoms with Gasteiger partial charge >= 0.3 is 0 Å². The molecule has 0 aromatic heterocycles. The Morgan fingerprint density at radius 2 is 2.00 bits per heavy atom. The van der Waals surface area contributed by atoms with Gasteiger partial charge in [0.2, 0.25) is 0 Å². The van der Waals surface area contributed by atoms with Crippen LogP contribution >= 0.6 is 0 Å². The van der Waals surface area contributed by atoms with Crippen molar-refractivity contribution in [3.63, 3.8) is 0 Å². The van der Waals surface area contributed by atoms with Gasteiger partial charge in [0.05, 0.1) is 17.8 Å². The van der Waals surface area contributed by atoms with Gasteiger partial charge in [-0.2, -0.15) is 0 Å². The maximum absolute atomic E-state index is 10.1. The number of allylic oxidation sites excluding steroid dienone is 3. The van der Waals surface area contributed by atoms with Crippen LogP contribution in [-0.2, 0) is 4.74 Å². The van der Waals surface area contributed by atoms with Crippen LogP contribution < -0.4 is 0 Å². The van der Waals surface area contributed by atoms with E-state index in [1.54, 1.807) is 0 Å². The molecule has 0 bridgehead atoms. The summed E-state index contributed by atoms with van der Waals surface area (Å²) in [6, 6.07) is 0. The topological polar surface area (TPSA) is 69.9 Å². The number of rotatable bonds is 7. The largest absolute Gasteiger partial charge is 0.393 e. The van der Waals surface area contributed by atoms with Crippen LogP contribution in [-0.4, -0.2) is 46.3 Å². The lowest BCUT2D eigenvalue weighted by Gasteiger charge is -2.44. The van der Waals surface area contributed by atoms with Gasteiger partial charge in [-0.25, -0.2) is 0 Å². The fraction of sp³-hybridized carbons (Fsp3) is 0.778. The standard InChI is InChI=1S/C27H44O4/c1-18(17-31-14-13-26(3,4)30)23-10-11-24-20(7-6-12-27(23,24)5)8-9-21-15-22(28)16-25(29)19(21)2/h8-9,18,22-25,28-30H,2,6-7,10-17H2,1,3-5H3/b20-8+,21-9-/t18-,22+,23?,24?,25-,27+/m0/s1. The lowest BCUT2D eigenvalue weighted by atomic mass is 9.61. The van der Waals surface area contributed by atoms with Crippen molar-refractivity contribution in [3.05, 3.63) is 35.5 Å². The first-order valence-electron chi connectivity index (χ1n) is 12.3. The summed E-state index contributed by atoms with van der Waals surface area (Å²) in [6.07, 6.45) is 11.1. The van der Waals surface area contributed by atoms with Crippen molar-refractivity contribution in [2.45, 2.75) is 96.9 Å². The van der Waals surface area contributed by atoms with Crippen molar-refractivity contribution < 1.29 is 20.1 Å². The van der Waals surface area contributed by atoms with Crippen LogP contribution in [0.25, 0.3) is 0 Å². The van der Waals surface area contributed by atoms with E-state index in [9.17, 15) is 15.3 Å². The average molecular weight is 433 g/mol. The Morgan fingerprint density at radius 3 is 2.71 bits per heavy atom. The summed E-state index contributed by atoms with van der Waals surface area (Å²) < 4.78 is 5.95. The molecule has 3 aliphatic carbocycles. The molecule has 3 rings (SSSR count). The molecule has 0 saturated heterocycles. The summed E-state index contributed by atoms with van der Waals surface area (Å²) in [7, 11) is 0. The Hall–Kier alpha value is -0.940. The van der Waals surface area contributed by atoms with Crippen molar-refractivity contribution in [3.8, 4) is 0 Å². The number of hydrogen-bond donors (Lipinski definition) is 3. The Labute approximate surface area is 189 Å². The third kappa shape index (κ3) is 5.90.